The van der Waals surface area contributed by atoms with Crippen molar-refractivity contribution in [3.05, 3.63) is 64.1 Å². The average Bonchev–Trinajstić information content (AvgIpc) is 2.92. The first kappa shape index (κ1) is 19.7. The first-order valence-corrected chi connectivity index (χ1v) is 9.45. The molecule has 1 aliphatic heterocycles. The molecule has 3 rings (SSSR count). The number of amides is 3. The summed E-state index contributed by atoms with van der Waals surface area (Å²) >= 11 is 0.833. The molecule has 3 amide bonds. The molecule has 1 heterocycles. The lowest BCUT2D eigenvalue weighted by Crippen LogP contribution is -2.36. The van der Waals surface area contributed by atoms with Crippen LogP contribution in [0.1, 0.15) is 16.7 Å². The van der Waals surface area contributed by atoms with Crippen molar-refractivity contribution in [1.29, 1.82) is 0 Å². The zero-order chi connectivity index (χ0) is 20.3. The van der Waals surface area contributed by atoms with E-state index in [0.717, 1.165) is 39.1 Å². The summed E-state index contributed by atoms with van der Waals surface area (Å²) in [4.78, 5) is 38.3. The van der Waals surface area contributed by atoms with Crippen LogP contribution < -0.4 is 10.1 Å². The fourth-order valence-electron chi connectivity index (χ4n) is 2.70. The van der Waals surface area contributed by atoms with E-state index in [-0.39, 0.29) is 6.54 Å². The van der Waals surface area contributed by atoms with Gasteiger partial charge in [-0.3, -0.25) is 19.3 Å². The van der Waals surface area contributed by atoms with Crippen LogP contribution in [0.2, 0.25) is 0 Å². The summed E-state index contributed by atoms with van der Waals surface area (Å²) in [5.41, 5.74) is 3.42. The molecular formula is C21H20N2O4S. The Hall–Kier alpha value is -3.06. The normalized spacial score (nSPS) is 15.2. The minimum Gasteiger partial charge on any atom is -0.497 e. The number of imide groups is 1. The predicted octanol–water partition coefficient (Wildman–Crippen LogP) is 3.99. The maximum atomic E-state index is 12.6. The standard InChI is InChI=1S/C21H20N2O4S/c1-13-4-7-16(8-5-13)22-19(24)12-23-20(25)18(28-21(23)26)11-15-6-9-17(27-3)10-14(15)2/h4-11H,12H2,1-3H3,(H,22,24)/b18-11+. The summed E-state index contributed by atoms with van der Waals surface area (Å²) in [6.45, 7) is 3.52. The smallest absolute Gasteiger partial charge is 0.294 e. The second-order valence-electron chi connectivity index (χ2n) is 6.40. The van der Waals surface area contributed by atoms with Crippen molar-refractivity contribution in [2.24, 2.45) is 0 Å². The number of carbonyl (C=O) groups excluding carboxylic acids is 3. The highest BCUT2D eigenvalue weighted by Crippen LogP contribution is 2.33. The summed E-state index contributed by atoms with van der Waals surface area (Å²) in [5, 5.41) is 2.24. The van der Waals surface area contributed by atoms with E-state index in [2.05, 4.69) is 5.32 Å². The van der Waals surface area contributed by atoms with E-state index in [0.29, 0.717) is 10.6 Å². The molecule has 1 saturated heterocycles. The lowest BCUT2D eigenvalue weighted by molar-refractivity contribution is -0.127. The Labute approximate surface area is 167 Å². The number of nitrogens with one attached hydrogen (secondary N) is 1. The molecule has 28 heavy (non-hydrogen) atoms. The monoisotopic (exact) mass is 396 g/mol. The predicted molar refractivity (Wildman–Crippen MR) is 110 cm³/mol. The van der Waals surface area contributed by atoms with Crippen molar-refractivity contribution in [2.45, 2.75) is 13.8 Å². The van der Waals surface area contributed by atoms with Crippen LogP contribution in [0.25, 0.3) is 6.08 Å². The van der Waals surface area contributed by atoms with Crippen LogP contribution in [0.5, 0.6) is 5.75 Å². The van der Waals surface area contributed by atoms with Crippen molar-refractivity contribution >= 4 is 40.6 Å². The van der Waals surface area contributed by atoms with Gasteiger partial charge < -0.3 is 10.1 Å². The fourth-order valence-corrected chi connectivity index (χ4v) is 3.52. The maximum absolute atomic E-state index is 12.6. The van der Waals surface area contributed by atoms with E-state index in [9.17, 15) is 14.4 Å². The first-order valence-electron chi connectivity index (χ1n) is 8.64. The number of carbonyl (C=O) groups is 3. The topological polar surface area (TPSA) is 75.7 Å². The Balaban J connectivity index is 1.71. The van der Waals surface area contributed by atoms with Gasteiger partial charge in [0.2, 0.25) is 5.91 Å². The molecular weight excluding hydrogens is 376 g/mol. The summed E-state index contributed by atoms with van der Waals surface area (Å²) in [6.07, 6.45) is 1.66. The number of ether oxygens (including phenoxy) is 1. The van der Waals surface area contributed by atoms with E-state index < -0.39 is 17.1 Å². The van der Waals surface area contributed by atoms with Gasteiger partial charge >= 0.3 is 0 Å². The van der Waals surface area contributed by atoms with Gasteiger partial charge in [0.15, 0.2) is 0 Å². The lowest BCUT2D eigenvalue weighted by Gasteiger charge is -2.12. The van der Waals surface area contributed by atoms with Crippen molar-refractivity contribution in [3.8, 4) is 5.75 Å². The highest BCUT2D eigenvalue weighted by Gasteiger charge is 2.36. The fraction of sp³-hybridized carbons (Fsp3) is 0.190. The SMILES string of the molecule is COc1ccc(/C=C2/SC(=O)N(CC(=O)Nc3ccc(C)cc3)C2=O)c(C)c1. The zero-order valence-electron chi connectivity index (χ0n) is 15.8. The Morgan fingerprint density at radius 3 is 2.50 bits per heavy atom. The van der Waals surface area contributed by atoms with Gasteiger partial charge in [-0.15, -0.1) is 0 Å². The third-order valence-corrected chi connectivity index (χ3v) is 5.18. The summed E-state index contributed by atoms with van der Waals surface area (Å²) in [6, 6.07) is 12.8. The molecule has 0 aliphatic carbocycles. The van der Waals surface area contributed by atoms with Gasteiger partial charge in [-0.2, -0.15) is 0 Å². The molecule has 2 aromatic carbocycles. The largest absolute Gasteiger partial charge is 0.497 e. The van der Waals surface area contributed by atoms with Crippen molar-refractivity contribution in [3.63, 3.8) is 0 Å². The highest BCUT2D eigenvalue weighted by atomic mass is 32.2. The summed E-state index contributed by atoms with van der Waals surface area (Å²) in [7, 11) is 1.58. The molecule has 1 fully saturated rings. The average molecular weight is 396 g/mol. The van der Waals surface area contributed by atoms with Crippen molar-refractivity contribution in [1.82, 2.24) is 4.90 Å². The number of methoxy groups -OCH3 is 1. The van der Waals surface area contributed by atoms with Gasteiger partial charge in [0.25, 0.3) is 11.1 Å². The van der Waals surface area contributed by atoms with Crippen molar-refractivity contribution in [2.75, 3.05) is 19.0 Å². The highest BCUT2D eigenvalue weighted by molar-refractivity contribution is 8.18. The number of aryl methyl sites for hydroxylation is 2. The number of rotatable bonds is 5. The van der Waals surface area contributed by atoms with E-state index >= 15 is 0 Å². The van der Waals surface area contributed by atoms with Crippen LogP contribution in [0.15, 0.2) is 47.4 Å². The Kier molecular flexibility index (Phi) is 5.84. The molecule has 2 aromatic rings. The van der Waals surface area contributed by atoms with E-state index in [1.807, 2.05) is 38.1 Å². The quantitative estimate of drug-likeness (QED) is 0.774. The number of hydrogen-bond donors (Lipinski definition) is 1. The molecule has 0 radical (unpaired) electrons. The minimum atomic E-state index is -0.468. The van der Waals surface area contributed by atoms with Crippen LogP contribution in [-0.4, -0.2) is 35.6 Å². The summed E-state index contributed by atoms with van der Waals surface area (Å²) in [5.74, 6) is -0.173. The third kappa shape index (κ3) is 4.43. The van der Waals surface area contributed by atoms with Gasteiger partial charge in [-0.05, 0) is 67.1 Å². The zero-order valence-corrected chi connectivity index (χ0v) is 16.6. The second-order valence-corrected chi connectivity index (χ2v) is 7.40. The van der Waals surface area contributed by atoms with E-state index in [4.69, 9.17) is 4.74 Å². The van der Waals surface area contributed by atoms with Crippen LogP contribution >= 0.6 is 11.8 Å². The third-order valence-electron chi connectivity index (χ3n) is 4.27. The minimum absolute atomic E-state index is 0.293. The lowest BCUT2D eigenvalue weighted by atomic mass is 10.1. The first-order chi connectivity index (χ1) is 13.4. The van der Waals surface area contributed by atoms with Crippen LogP contribution in [0, 0.1) is 13.8 Å². The molecule has 0 spiro atoms. The molecule has 1 N–H and O–H groups in total. The molecule has 0 atom stereocenters. The number of thioether (sulfide) groups is 1. The number of nitrogens with zero attached hydrogens (tertiary/aromatic N) is 1. The van der Waals surface area contributed by atoms with Crippen LogP contribution in [-0.2, 0) is 9.59 Å². The molecule has 6 nitrogen and oxygen atoms in total. The molecule has 144 valence electrons. The number of hydrogen-bond acceptors (Lipinski definition) is 5. The van der Waals surface area contributed by atoms with E-state index in [1.54, 1.807) is 31.4 Å². The molecule has 0 aromatic heterocycles. The van der Waals surface area contributed by atoms with Gasteiger partial charge in [-0.25, -0.2) is 0 Å². The molecule has 1 aliphatic rings. The van der Waals surface area contributed by atoms with Gasteiger partial charge in [0.05, 0.1) is 12.0 Å². The van der Waals surface area contributed by atoms with Crippen molar-refractivity contribution < 1.29 is 19.1 Å². The Bertz CT molecular complexity index is 967. The van der Waals surface area contributed by atoms with Gasteiger partial charge in [0.1, 0.15) is 12.3 Å². The number of benzene rings is 2. The maximum Gasteiger partial charge on any atom is 0.294 e. The number of anilines is 1. The van der Waals surface area contributed by atoms with Crippen LogP contribution in [0.3, 0.4) is 0 Å². The van der Waals surface area contributed by atoms with Crippen LogP contribution in [0.4, 0.5) is 10.5 Å². The van der Waals surface area contributed by atoms with E-state index in [1.165, 1.54) is 0 Å². The van der Waals surface area contributed by atoms with Gasteiger partial charge in [0, 0.05) is 5.69 Å². The Morgan fingerprint density at radius 1 is 1.14 bits per heavy atom. The molecule has 0 saturated carbocycles. The molecule has 0 unspecified atom stereocenters. The van der Waals surface area contributed by atoms with Gasteiger partial charge in [-0.1, -0.05) is 23.8 Å². The Morgan fingerprint density at radius 2 is 1.86 bits per heavy atom. The second kappa shape index (κ2) is 8.31. The molecule has 7 heteroatoms. The molecule has 0 bridgehead atoms. The summed E-state index contributed by atoms with van der Waals surface area (Å²) < 4.78 is 5.17.